The molecule has 0 unspecified atom stereocenters. The molecule has 7 heteroatoms. The summed E-state index contributed by atoms with van der Waals surface area (Å²) in [5.41, 5.74) is 0.305. The maximum absolute atomic E-state index is 13.0. The molecule has 2 fully saturated rings. The van der Waals surface area contributed by atoms with Crippen molar-refractivity contribution in [2.24, 2.45) is 5.41 Å². The summed E-state index contributed by atoms with van der Waals surface area (Å²) < 4.78 is 16.2. The van der Waals surface area contributed by atoms with Crippen LogP contribution < -0.4 is 4.74 Å². The molecule has 0 aromatic heterocycles. The van der Waals surface area contributed by atoms with E-state index in [1.807, 2.05) is 36.1 Å². The minimum absolute atomic E-state index is 0.112. The van der Waals surface area contributed by atoms with E-state index in [0.29, 0.717) is 32.5 Å². The molecule has 0 radical (unpaired) electrons. The number of likely N-dealkylation sites (tertiary alicyclic amines) is 1. The van der Waals surface area contributed by atoms with E-state index in [9.17, 15) is 9.59 Å². The Morgan fingerprint density at radius 2 is 2.00 bits per heavy atom. The summed E-state index contributed by atoms with van der Waals surface area (Å²) in [5, 5.41) is 0. The van der Waals surface area contributed by atoms with E-state index < -0.39 is 5.41 Å². The second-order valence-corrected chi connectivity index (χ2v) is 8.15. The first-order valence-electron chi connectivity index (χ1n) is 10.9. The van der Waals surface area contributed by atoms with Crippen LogP contribution in [0.1, 0.15) is 31.7 Å². The topological polar surface area (TPSA) is 68.3 Å². The maximum Gasteiger partial charge on any atom is 0.314 e. The second-order valence-electron chi connectivity index (χ2n) is 8.15. The van der Waals surface area contributed by atoms with Crippen molar-refractivity contribution in [1.82, 2.24) is 9.80 Å². The van der Waals surface area contributed by atoms with Gasteiger partial charge in [-0.2, -0.15) is 0 Å². The minimum atomic E-state index is -0.713. The van der Waals surface area contributed by atoms with Crippen molar-refractivity contribution in [3.05, 3.63) is 29.8 Å². The van der Waals surface area contributed by atoms with Gasteiger partial charge in [-0.1, -0.05) is 12.1 Å². The molecule has 2 aliphatic heterocycles. The zero-order valence-corrected chi connectivity index (χ0v) is 18.2. The van der Waals surface area contributed by atoms with Gasteiger partial charge < -0.3 is 19.1 Å². The summed E-state index contributed by atoms with van der Waals surface area (Å²) in [5.74, 6) is 0.666. The highest BCUT2D eigenvalue weighted by atomic mass is 16.5. The summed E-state index contributed by atoms with van der Waals surface area (Å²) in [6, 6.07) is 7.78. The number of methoxy groups -OCH3 is 1. The molecule has 7 nitrogen and oxygen atoms in total. The lowest BCUT2D eigenvalue weighted by Gasteiger charge is -2.41. The van der Waals surface area contributed by atoms with E-state index in [1.165, 1.54) is 0 Å². The normalized spacial score (nSPS) is 22.5. The highest BCUT2D eigenvalue weighted by Crippen LogP contribution is 2.36. The summed E-state index contributed by atoms with van der Waals surface area (Å²) in [6.45, 7) is 7.20. The van der Waals surface area contributed by atoms with Crippen LogP contribution in [0.25, 0.3) is 0 Å². The lowest BCUT2D eigenvalue weighted by molar-refractivity contribution is -0.160. The molecule has 1 aromatic carbocycles. The molecule has 2 saturated heterocycles. The summed E-state index contributed by atoms with van der Waals surface area (Å²) in [7, 11) is 1.63. The smallest absolute Gasteiger partial charge is 0.314 e. The van der Waals surface area contributed by atoms with Gasteiger partial charge in [-0.05, 0) is 43.9 Å². The number of rotatable bonds is 8. The first kappa shape index (κ1) is 22.6. The third-order valence-electron chi connectivity index (χ3n) is 6.06. The number of benzene rings is 1. The van der Waals surface area contributed by atoms with E-state index in [2.05, 4.69) is 4.90 Å². The Balaban J connectivity index is 1.70. The average Bonchev–Trinajstić information content (AvgIpc) is 2.78. The van der Waals surface area contributed by atoms with Crippen molar-refractivity contribution in [3.63, 3.8) is 0 Å². The summed E-state index contributed by atoms with van der Waals surface area (Å²) >= 11 is 0. The summed E-state index contributed by atoms with van der Waals surface area (Å²) in [6.07, 6.45) is 2.52. The molecule has 1 amide bonds. The number of piperidine rings is 1. The predicted octanol–water partition coefficient (Wildman–Crippen LogP) is 2.13. The van der Waals surface area contributed by atoms with Crippen LogP contribution in [0, 0.1) is 5.41 Å². The van der Waals surface area contributed by atoms with Crippen molar-refractivity contribution >= 4 is 11.9 Å². The Kier molecular flexibility index (Phi) is 8.10. The van der Waals surface area contributed by atoms with E-state index in [1.54, 1.807) is 7.11 Å². The number of hydrogen-bond donors (Lipinski definition) is 0. The Hall–Kier alpha value is -2.12. The lowest BCUT2D eigenvalue weighted by Crippen LogP contribution is -2.52. The van der Waals surface area contributed by atoms with E-state index >= 15 is 0 Å². The van der Waals surface area contributed by atoms with Crippen molar-refractivity contribution in [2.45, 2.75) is 32.6 Å². The number of nitrogens with zero attached hydrogens (tertiary/aromatic N) is 2. The highest BCUT2D eigenvalue weighted by Gasteiger charge is 2.44. The van der Waals surface area contributed by atoms with Crippen LogP contribution >= 0.6 is 0 Å². The fraction of sp³-hybridized carbons (Fsp3) is 0.652. The van der Waals surface area contributed by atoms with E-state index in [-0.39, 0.29) is 11.9 Å². The SMILES string of the molecule is CCOC(=O)[C@@]1(Cc2cccc(OC)c2)CCCN(C(=O)CCN2CCOCC2)C1. The number of hydrogen-bond acceptors (Lipinski definition) is 6. The minimum Gasteiger partial charge on any atom is -0.497 e. The monoisotopic (exact) mass is 418 g/mol. The maximum atomic E-state index is 13.0. The van der Waals surface area contributed by atoms with Gasteiger partial charge in [0, 0.05) is 39.1 Å². The largest absolute Gasteiger partial charge is 0.497 e. The van der Waals surface area contributed by atoms with Crippen molar-refractivity contribution < 1.29 is 23.8 Å². The average molecular weight is 419 g/mol. The van der Waals surface area contributed by atoms with E-state index in [4.69, 9.17) is 14.2 Å². The fourth-order valence-corrected chi connectivity index (χ4v) is 4.42. The van der Waals surface area contributed by atoms with Crippen molar-refractivity contribution in [3.8, 4) is 5.75 Å². The fourth-order valence-electron chi connectivity index (χ4n) is 4.42. The van der Waals surface area contributed by atoms with Crippen LogP contribution in [-0.2, 0) is 25.5 Å². The molecule has 1 aromatic rings. The zero-order valence-electron chi connectivity index (χ0n) is 18.2. The van der Waals surface area contributed by atoms with E-state index in [0.717, 1.165) is 57.0 Å². The molecule has 2 aliphatic rings. The molecular formula is C23H34N2O5. The quantitative estimate of drug-likeness (QED) is 0.603. The number of morpholine rings is 1. The first-order chi connectivity index (χ1) is 14.6. The molecule has 0 aliphatic carbocycles. The van der Waals surface area contributed by atoms with Gasteiger partial charge in [0.1, 0.15) is 5.75 Å². The molecular weight excluding hydrogens is 384 g/mol. The highest BCUT2D eigenvalue weighted by molar-refractivity contribution is 5.81. The molecule has 166 valence electrons. The van der Waals surface area contributed by atoms with Crippen LogP contribution in [0.5, 0.6) is 5.75 Å². The Bertz CT molecular complexity index is 719. The molecule has 3 rings (SSSR count). The third kappa shape index (κ3) is 5.73. The molecule has 1 atom stereocenters. The Labute approximate surface area is 179 Å². The van der Waals surface area contributed by atoms with Gasteiger partial charge in [-0.25, -0.2) is 0 Å². The van der Waals surface area contributed by atoms with Crippen LogP contribution in [0.2, 0.25) is 0 Å². The lowest BCUT2D eigenvalue weighted by atomic mass is 9.75. The second kappa shape index (κ2) is 10.8. The molecule has 2 heterocycles. The van der Waals surface area contributed by atoms with Gasteiger partial charge in [0.15, 0.2) is 0 Å². The predicted molar refractivity (Wildman–Crippen MR) is 113 cm³/mol. The first-order valence-corrected chi connectivity index (χ1v) is 10.9. The van der Waals surface area contributed by atoms with Crippen LogP contribution in [0.3, 0.4) is 0 Å². The Morgan fingerprint density at radius 1 is 1.20 bits per heavy atom. The Morgan fingerprint density at radius 3 is 2.73 bits per heavy atom. The standard InChI is InChI=1S/C23H34N2O5/c1-3-30-22(27)23(17-19-6-4-7-20(16-19)28-2)9-5-10-25(18-23)21(26)8-11-24-12-14-29-15-13-24/h4,6-7,16H,3,5,8-15,17-18H2,1-2H3/t23-/m1/s1. The molecule has 0 N–H and O–H groups in total. The summed E-state index contributed by atoms with van der Waals surface area (Å²) in [4.78, 5) is 30.1. The van der Waals surface area contributed by atoms with Crippen LogP contribution in [0.4, 0.5) is 0 Å². The number of ether oxygens (including phenoxy) is 3. The molecule has 30 heavy (non-hydrogen) atoms. The molecule has 0 spiro atoms. The molecule has 0 saturated carbocycles. The number of carbonyl (C=O) groups excluding carboxylic acids is 2. The number of esters is 1. The number of amides is 1. The van der Waals surface area contributed by atoms with Crippen LogP contribution in [-0.4, -0.2) is 81.3 Å². The third-order valence-corrected chi connectivity index (χ3v) is 6.06. The van der Waals surface area contributed by atoms with Gasteiger partial charge in [-0.15, -0.1) is 0 Å². The van der Waals surface area contributed by atoms with Crippen LogP contribution in [0.15, 0.2) is 24.3 Å². The van der Waals surface area contributed by atoms with Gasteiger partial charge in [0.2, 0.25) is 5.91 Å². The van der Waals surface area contributed by atoms with Gasteiger partial charge in [0.05, 0.1) is 32.3 Å². The molecule has 0 bridgehead atoms. The van der Waals surface area contributed by atoms with Gasteiger partial charge in [0.25, 0.3) is 0 Å². The number of carbonyl (C=O) groups is 2. The van der Waals surface area contributed by atoms with Crippen molar-refractivity contribution in [2.75, 3.05) is 59.7 Å². The zero-order chi connectivity index (χ0) is 21.4. The van der Waals surface area contributed by atoms with Gasteiger partial charge >= 0.3 is 5.97 Å². The van der Waals surface area contributed by atoms with Gasteiger partial charge in [-0.3, -0.25) is 14.5 Å². The van der Waals surface area contributed by atoms with Crippen molar-refractivity contribution in [1.29, 1.82) is 0 Å².